The number of thioether (sulfide) groups is 1. The Morgan fingerprint density at radius 1 is 1.05 bits per heavy atom. The van der Waals surface area contributed by atoms with Crippen LogP contribution in [0.4, 0.5) is 9.52 Å². The average molecular weight is 578 g/mol. The Morgan fingerprint density at radius 3 is 2.50 bits per heavy atom. The third-order valence-electron chi connectivity index (χ3n) is 6.17. The van der Waals surface area contributed by atoms with Crippen molar-refractivity contribution in [2.24, 2.45) is 0 Å². The van der Waals surface area contributed by atoms with Crippen LogP contribution < -0.4 is 14.4 Å². The Balaban J connectivity index is 1.53. The average Bonchev–Trinajstić information content (AvgIpc) is 3.55. The largest absolute Gasteiger partial charge is 0.507 e. The Kier molecular flexibility index (Phi) is 8.13. The number of aromatic nitrogens is 2. The van der Waals surface area contributed by atoms with Crippen LogP contribution in [0.5, 0.6) is 11.5 Å². The standard InChI is InChI=1S/C29H24FN3O5S2/c1-3-38-21-13-9-18(10-14-21)25(34)23-24(19-5-4-6-22(15-19)37-2)33(27(36)26(23)35)28-31-32-29(40-28)39-16-17-7-11-20(30)12-8-17/h4-15,24,34H,3,16H2,1-2H3/b25-23-. The molecule has 5 rings (SSSR count). The molecule has 0 bridgehead atoms. The van der Waals surface area contributed by atoms with Gasteiger partial charge in [-0.1, -0.05) is 47.4 Å². The van der Waals surface area contributed by atoms with E-state index in [0.717, 1.165) is 16.9 Å². The number of aliphatic hydroxyl groups excluding tert-OH is 1. The van der Waals surface area contributed by atoms with E-state index in [0.29, 0.717) is 39.3 Å². The van der Waals surface area contributed by atoms with Crippen molar-refractivity contribution in [2.75, 3.05) is 18.6 Å². The number of benzene rings is 3. The summed E-state index contributed by atoms with van der Waals surface area (Å²) >= 11 is 2.53. The Hall–Kier alpha value is -4.22. The van der Waals surface area contributed by atoms with Crippen LogP contribution in [0.15, 0.2) is 82.7 Å². The van der Waals surface area contributed by atoms with E-state index in [-0.39, 0.29) is 22.3 Å². The maximum absolute atomic E-state index is 13.4. The number of halogens is 1. The Bertz CT molecular complexity index is 1570. The SMILES string of the molecule is CCOc1ccc(/C(O)=C2/C(=O)C(=O)N(c3nnc(SCc4ccc(F)cc4)s3)C2c2cccc(OC)c2)cc1. The van der Waals surface area contributed by atoms with Gasteiger partial charge < -0.3 is 14.6 Å². The fourth-order valence-corrected chi connectivity index (χ4v) is 6.10. The van der Waals surface area contributed by atoms with Crippen LogP contribution >= 0.6 is 23.1 Å². The number of ether oxygens (including phenoxy) is 2. The van der Waals surface area contributed by atoms with Gasteiger partial charge in [0.1, 0.15) is 23.1 Å². The molecule has 1 atom stereocenters. The highest BCUT2D eigenvalue weighted by Crippen LogP contribution is 2.44. The van der Waals surface area contributed by atoms with Crippen LogP contribution in [0.3, 0.4) is 0 Å². The molecule has 1 aliphatic heterocycles. The number of hydrogen-bond acceptors (Lipinski definition) is 9. The third-order valence-corrected chi connectivity index (χ3v) is 8.30. The second-order valence-electron chi connectivity index (χ2n) is 8.67. The van der Waals surface area contributed by atoms with E-state index in [9.17, 15) is 19.1 Å². The molecule has 2 heterocycles. The second kappa shape index (κ2) is 11.9. The van der Waals surface area contributed by atoms with Gasteiger partial charge in [0.05, 0.1) is 25.3 Å². The molecule has 1 fully saturated rings. The second-order valence-corrected chi connectivity index (χ2v) is 10.8. The number of amides is 1. The van der Waals surface area contributed by atoms with Gasteiger partial charge in [0, 0.05) is 11.3 Å². The molecule has 1 unspecified atom stereocenters. The number of Topliss-reactive ketones (excluding diaryl/α,β-unsaturated/α-hetero) is 1. The number of ketones is 1. The van der Waals surface area contributed by atoms with Gasteiger partial charge >= 0.3 is 5.91 Å². The van der Waals surface area contributed by atoms with Crippen molar-refractivity contribution < 1.29 is 28.6 Å². The molecule has 1 amide bonds. The van der Waals surface area contributed by atoms with Gasteiger partial charge in [0.15, 0.2) is 4.34 Å². The zero-order chi connectivity index (χ0) is 28.2. The highest BCUT2D eigenvalue weighted by molar-refractivity contribution is 8.00. The minimum Gasteiger partial charge on any atom is -0.507 e. The molecule has 8 nitrogen and oxygen atoms in total. The normalized spacial score (nSPS) is 16.4. The summed E-state index contributed by atoms with van der Waals surface area (Å²) in [5.41, 5.74) is 1.75. The molecule has 1 saturated heterocycles. The van der Waals surface area contributed by atoms with E-state index >= 15 is 0 Å². The van der Waals surface area contributed by atoms with Gasteiger partial charge in [-0.05, 0) is 66.6 Å². The molecular formula is C29H24FN3O5S2. The van der Waals surface area contributed by atoms with E-state index in [1.54, 1.807) is 60.7 Å². The highest BCUT2D eigenvalue weighted by atomic mass is 32.2. The lowest BCUT2D eigenvalue weighted by Crippen LogP contribution is -2.29. The number of carbonyl (C=O) groups is 2. The van der Waals surface area contributed by atoms with E-state index in [4.69, 9.17) is 9.47 Å². The first-order chi connectivity index (χ1) is 19.4. The predicted molar refractivity (Wildman–Crippen MR) is 151 cm³/mol. The third kappa shape index (κ3) is 5.56. The van der Waals surface area contributed by atoms with E-state index in [2.05, 4.69) is 10.2 Å². The highest BCUT2D eigenvalue weighted by Gasteiger charge is 2.48. The summed E-state index contributed by atoms with van der Waals surface area (Å²) < 4.78 is 24.7. The number of nitrogens with zero attached hydrogens (tertiary/aromatic N) is 3. The molecule has 4 aromatic rings. The number of rotatable bonds is 9. The van der Waals surface area contributed by atoms with E-state index in [1.165, 1.54) is 35.9 Å². The molecule has 204 valence electrons. The summed E-state index contributed by atoms with van der Waals surface area (Å²) in [6.45, 7) is 2.35. The van der Waals surface area contributed by atoms with Crippen molar-refractivity contribution >= 4 is 45.7 Å². The van der Waals surface area contributed by atoms with Gasteiger partial charge in [0.25, 0.3) is 5.78 Å². The fraction of sp³-hybridized carbons (Fsp3) is 0.172. The quantitative estimate of drug-likeness (QED) is 0.0850. The zero-order valence-electron chi connectivity index (χ0n) is 21.5. The Morgan fingerprint density at radius 2 is 1.80 bits per heavy atom. The first kappa shape index (κ1) is 27.4. The van der Waals surface area contributed by atoms with Gasteiger partial charge in [-0.3, -0.25) is 14.5 Å². The smallest absolute Gasteiger partial charge is 0.301 e. The topological polar surface area (TPSA) is 102 Å². The van der Waals surface area contributed by atoms with E-state index < -0.39 is 17.7 Å². The number of anilines is 1. The first-order valence-electron chi connectivity index (χ1n) is 12.3. The van der Waals surface area contributed by atoms with Crippen LogP contribution in [-0.4, -0.2) is 40.7 Å². The zero-order valence-corrected chi connectivity index (χ0v) is 23.2. The lowest BCUT2D eigenvalue weighted by molar-refractivity contribution is -0.132. The van der Waals surface area contributed by atoms with Crippen molar-refractivity contribution in [3.8, 4) is 11.5 Å². The summed E-state index contributed by atoms with van der Waals surface area (Å²) in [6.07, 6.45) is 0. The molecule has 0 radical (unpaired) electrons. The van der Waals surface area contributed by atoms with Crippen LogP contribution in [0.1, 0.15) is 29.7 Å². The van der Waals surface area contributed by atoms with Gasteiger partial charge in [-0.2, -0.15) is 0 Å². The number of hydrogen-bond donors (Lipinski definition) is 1. The molecule has 0 aliphatic carbocycles. The minimum atomic E-state index is -0.968. The van der Waals surface area contributed by atoms with Crippen molar-refractivity contribution in [3.05, 3.63) is 101 Å². The molecular weight excluding hydrogens is 553 g/mol. The van der Waals surface area contributed by atoms with Crippen molar-refractivity contribution in [2.45, 2.75) is 23.1 Å². The summed E-state index contributed by atoms with van der Waals surface area (Å²) in [7, 11) is 1.52. The number of methoxy groups -OCH3 is 1. The van der Waals surface area contributed by atoms with Crippen LogP contribution in [-0.2, 0) is 15.3 Å². The fourth-order valence-electron chi connectivity index (χ4n) is 4.27. The number of carbonyl (C=O) groups excluding carboxylic acids is 2. The first-order valence-corrected chi connectivity index (χ1v) is 14.1. The lowest BCUT2D eigenvalue weighted by atomic mass is 9.95. The minimum absolute atomic E-state index is 0.0712. The molecule has 0 spiro atoms. The van der Waals surface area contributed by atoms with Gasteiger partial charge in [0.2, 0.25) is 5.13 Å². The molecule has 1 aromatic heterocycles. The summed E-state index contributed by atoms with van der Waals surface area (Å²) in [5.74, 6) is -0.635. The number of aliphatic hydroxyl groups is 1. The molecule has 1 N–H and O–H groups in total. The van der Waals surface area contributed by atoms with Crippen molar-refractivity contribution in [1.29, 1.82) is 0 Å². The maximum Gasteiger partial charge on any atom is 0.301 e. The van der Waals surface area contributed by atoms with E-state index in [1.807, 2.05) is 6.92 Å². The van der Waals surface area contributed by atoms with Crippen molar-refractivity contribution in [3.63, 3.8) is 0 Å². The molecule has 40 heavy (non-hydrogen) atoms. The monoisotopic (exact) mass is 577 g/mol. The molecule has 0 saturated carbocycles. The van der Waals surface area contributed by atoms with Crippen LogP contribution in [0.25, 0.3) is 5.76 Å². The van der Waals surface area contributed by atoms with Gasteiger partial charge in [-0.15, -0.1) is 10.2 Å². The molecule has 1 aliphatic rings. The van der Waals surface area contributed by atoms with Crippen molar-refractivity contribution in [1.82, 2.24) is 10.2 Å². The Labute approximate surface area is 238 Å². The molecule has 11 heteroatoms. The summed E-state index contributed by atoms with van der Waals surface area (Å²) in [5, 5.41) is 20.0. The predicted octanol–water partition coefficient (Wildman–Crippen LogP) is 6.00. The van der Waals surface area contributed by atoms with Crippen LogP contribution in [0.2, 0.25) is 0 Å². The summed E-state index contributed by atoms with van der Waals surface area (Å²) in [6, 6.07) is 18.8. The molecule has 3 aromatic carbocycles. The maximum atomic E-state index is 13.4. The lowest BCUT2D eigenvalue weighted by Gasteiger charge is -2.23. The summed E-state index contributed by atoms with van der Waals surface area (Å²) in [4.78, 5) is 28.1. The van der Waals surface area contributed by atoms with Crippen LogP contribution in [0, 0.1) is 5.82 Å². The van der Waals surface area contributed by atoms with Gasteiger partial charge in [-0.25, -0.2) is 4.39 Å².